The van der Waals surface area contributed by atoms with Gasteiger partial charge in [-0.15, -0.1) is 0 Å². The molecule has 5 rings (SSSR count). The normalized spacial score (nSPS) is 15.9. The molecule has 2 aromatic heterocycles. The van der Waals surface area contributed by atoms with Gasteiger partial charge in [0.2, 0.25) is 5.91 Å². The van der Waals surface area contributed by atoms with Crippen LogP contribution in [0.5, 0.6) is 0 Å². The van der Waals surface area contributed by atoms with Gasteiger partial charge >= 0.3 is 0 Å². The number of fused-ring (bicyclic) bond motifs is 4. The Bertz CT molecular complexity index is 1370. The van der Waals surface area contributed by atoms with Gasteiger partial charge in [0.25, 0.3) is 11.5 Å². The standard InChI is InChI=1S/C19H11N3O3S/c1-10(23)21-13-8-4-2-6-11(13)15(17(21)24)16-18(25)22-14-9-5-3-7-12(14)20-19(22)26-16/h2-9H,1H3. The molecule has 3 heterocycles. The second kappa shape index (κ2) is 5.09. The van der Waals surface area contributed by atoms with E-state index < -0.39 is 5.91 Å². The number of imide groups is 1. The molecule has 0 unspecified atom stereocenters. The first-order valence-electron chi connectivity index (χ1n) is 7.96. The van der Waals surface area contributed by atoms with Crippen molar-refractivity contribution in [3.8, 4) is 0 Å². The van der Waals surface area contributed by atoms with Crippen molar-refractivity contribution in [2.75, 3.05) is 4.90 Å². The minimum absolute atomic E-state index is 0.264. The van der Waals surface area contributed by atoms with Gasteiger partial charge in [-0.2, -0.15) is 0 Å². The fourth-order valence-corrected chi connectivity index (χ4v) is 4.49. The lowest BCUT2D eigenvalue weighted by Gasteiger charge is -2.11. The maximum absolute atomic E-state index is 13.1. The summed E-state index contributed by atoms with van der Waals surface area (Å²) in [6.07, 6.45) is 0. The lowest BCUT2D eigenvalue weighted by molar-refractivity contribution is -0.122. The predicted molar refractivity (Wildman–Crippen MR) is 99.2 cm³/mol. The summed E-state index contributed by atoms with van der Waals surface area (Å²) < 4.78 is 1.83. The third kappa shape index (κ3) is 1.80. The van der Waals surface area contributed by atoms with Crippen LogP contribution in [0.25, 0.3) is 21.6 Å². The molecule has 7 heteroatoms. The molecule has 0 saturated heterocycles. The third-order valence-electron chi connectivity index (χ3n) is 4.49. The van der Waals surface area contributed by atoms with Gasteiger partial charge in [0.15, 0.2) is 4.96 Å². The molecule has 2 amide bonds. The maximum Gasteiger partial charge on any atom is 0.275 e. The van der Waals surface area contributed by atoms with Crippen LogP contribution in [0.3, 0.4) is 0 Å². The van der Waals surface area contributed by atoms with Crippen LogP contribution in [0.15, 0.2) is 53.3 Å². The Morgan fingerprint density at radius 1 is 1.04 bits per heavy atom. The van der Waals surface area contributed by atoms with Gasteiger partial charge in [-0.3, -0.25) is 14.4 Å². The fourth-order valence-electron chi connectivity index (χ4n) is 3.41. The first kappa shape index (κ1) is 15.0. The Kier molecular flexibility index (Phi) is 2.93. The van der Waals surface area contributed by atoms with Crippen LogP contribution >= 0.6 is 11.3 Å². The third-order valence-corrected chi connectivity index (χ3v) is 5.53. The van der Waals surface area contributed by atoms with Gasteiger partial charge in [0, 0.05) is 12.5 Å². The molecule has 2 aromatic carbocycles. The van der Waals surface area contributed by atoms with E-state index in [9.17, 15) is 14.4 Å². The number of thiazole rings is 1. The van der Waals surface area contributed by atoms with Gasteiger partial charge in [0.1, 0.15) is 4.53 Å². The van der Waals surface area contributed by atoms with Crippen LogP contribution in [-0.2, 0) is 9.59 Å². The first-order valence-corrected chi connectivity index (χ1v) is 8.78. The zero-order valence-electron chi connectivity index (χ0n) is 13.6. The summed E-state index contributed by atoms with van der Waals surface area (Å²) in [5.41, 5.74) is 2.52. The summed E-state index contributed by atoms with van der Waals surface area (Å²) in [6.45, 7) is 1.34. The number of hydrogen-bond donors (Lipinski definition) is 0. The van der Waals surface area contributed by atoms with Gasteiger partial charge in [-0.05, 0) is 18.2 Å². The number of para-hydroxylation sites is 3. The van der Waals surface area contributed by atoms with E-state index in [0.29, 0.717) is 26.3 Å². The lowest BCUT2D eigenvalue weighted by atomic mass is 10.1. The van der Waals surface area contributed by atoms with Crippen molar-refractivity contribution < 1.29 is 9.59 Å². The number of carbonyl (C=O) groups is 2. The quantitative estimate of drug-likeness (QED) is 0.478. The Morgan fingerprint density at radius 3 is 2.58 bits per heavy atom. The van der Waals surface area contributed by atoms with Gasteiger partial charge < -0.3 is 0 Å². The summed E-state index contributed by atoms with van der Waals surface area (Å²) in [5.74, 6) is -0.846. The Balaban J connectivity index is 1.93. The van der Waals surface area contributed by atoms with Crippen molar-refractivity contribution in [2.24, 2.45) is 0 Å². The number of hydrogen-bond acceptors (Lipinski definition) is 5. The van der Waals surface area contributed by atoms with Crippen LogP contribution in [0.4, 0.5) is 5.69 Å². The predicted octanol–water partition coefficient (Wildman–Crippen LogP) is 1.72. The SMILES string of the molecule is CC(=O)N1C(=O)C(=c2sc3nc4ccccc4n3c2=O)c2ccccc21. The van der Waals surface area contributed by atoms with E-state index >= 15 is 0 Å². The van der Waals surface area contributed by atoms with E-state index in [1.54, 1.807) is 24.3 Å². The molecule has 0 fully saturated rings. The average molecular weight is 361 g/mol. The van der Waals surface area contributed by atoms with Crippen molar-refractivity contribution in [1.29, 1.82) is 0 Å². The second-order valence-corrected chi connectivity index (χ2v) is 6.98. The molecule has 0 aliphatic carbocycles. The fraction of sp³-hybridized carbons (Fsp3) is 0.0526. The van der Waals surface area contributed by atoms with E-state index in [4.69, 9.17) is 0 Å². The van der Waals surface area contributed by atoms with E-state index in [1.807, 2.05) is 24.3 Å². The Morgan fingerprint density at radius 2 is 1.77 bits per heavy atom. The Hall–Kier alpha value is -3.32. The first-order chi connectivity index (χ1) is 12.6. The number of nitrogens with zero attached hydrogens (tertiary/aromatic N) is 3. The van der Waals surface area contributed by atoms with Gasteiger partial charge in [-0.25, -0.2) is 14.3 Å². The van der Waals surface area contributed by atoms with E-state index in [0.717, 1.165) is 10.4 Å². The summed E-state index contributed by atoms with van der Waals surface area (Å²) in [5, 5.41) is 0. The molecule has 1 aliphatic heterocycles. The number of benzene rings is 2. The highest BCUT2D eigenvalue weighted by Crippen LogP contribution is 2.35. The molecule has 6 nitrogen and oxygen atoms in total. The molecule has 0 atom stereocenters. The maximum atomic E-state index is 13.1. The molecular weight excluding hydrogens is 350 g/mol. The number of carbonyl (C=O) groups excluding carboxylic acids is 2. The molecule has 26 heavy (non-hydrogen) atoms. The zero-order valence-corrected chi connectivity index (χ0v) is 14.4. The molecule has 0 bridgehead atoms. The number of rotatable bonds is 0. The minimum Gasteiger partial charge on any atom is -0.274 e. The molecule has 0 N–H and O–H groups in total. The minimum atomic E-state index is -0.468. The number of anilines is 1. The van der Waals surface area contributed by atoms with E-state index in [1.165, 1.54) is 22.7 Å². The average Bonchev–Trinajstić information content (AvgIpc) is 3.23. The van der Waals surface area contributed by atoms with E-state index in [-0.39, 0.29) is 17.0 Å². The molecule has 1 aliphatic rings. The smallest absolute Gasteiger partial charge is 0.274 e. The van der Waals surface area contributed by atoms with Crippen molar-refractivity contribution in [3.63, 3.8) is 0 Å². The molecule has 0 radical (unpaired) electrons. The van der Waals surface area contributed by atoms with Gasteiger partial charge in [0.05, 0.1) is 22.3 Å². The monoisotopic (exact) mass is 361 g/mol. The van der Waals surface area contributed by atoms with Crippen molar-refractivity contribution >= 4 is 50.4 Å². The molecular formula is C19H11N3O3S. The van der Waals surface area contributed by atoms with Crippen LogP contribution in [0.2, 0.25) is 0 Å². The van der Waals surface area contributed by atoms with Crippen LogP contribution in [0.1, 0.15) is 12.5 Å². The van der Waals surface area contributed by atoms with E-state index in [2.05, 4.69) is 4.98 Å². The largest absolute Gasteiger partial charge is 0.275 e. The number of aromatic nitrogens is 2. The van der Waals surface area contributed by atoms with Gasteiger partial charge in [-0.1, -0.05) is 41.7 Å². The summed E-state index contributed by atoms with van der Waals surface area (Å²) in [7, 11) is 0. The summed E-state index contributed by atoms with van der Waals surface area (Å²) in [4.78, 5) is 44.1. The van der Waals surface area contributed by atoms with Crippen molar-refractivity contribution in [3.05, 3.63) is 69.0 Å². The van der Waals surface area contributed by atoms with Crippen LogP contribution in [-0.4, -0.2) is 21.2 Å². The molecule has 126 valence electrons. The summed E-state index contributed by atoms with van der Waals surface area (Å²) >= 11 is 1.17. The molecule has 4 aromatic rings. The number of imidazole rings is 1. The zero-order chi connectivity index (χ0) is 18.0. The van der Waals surface area contributed by atoms with Crippen LogP contribution < -0.4 is 15.0 Å². The Labute approximate surface area is 150 Å². The molecule has 0 saturated carbocycles. The summed E-state index contributed by atoms with van der Waals surface area (Å²) in [6, 6.07) is 14.4. The highest BCUT2D eigenvalue weighted by molar-refractivity contribution is 7.15. The lowest BCUT2D eigenvalue weighted by Crippen LogP contribution is -2.34. The topological polar surface area (TPSA) is 71.8 Å². The second-order valence-electron chi connectivity index (χ2n) is 6.01. The highest BCUT2D eigenvalue weighted by Gasteiger charge is 2.36. The number of amides is 2. The molecule has 0 spiro atoms. The highest BCUT2D eigenvalue weighted by atomic mass is 32.1. The van der Waals surface area contributed by atoms with Crippen molar-refractivity contribution in [1.82, 2.24) is 9.38 Å². The van der Waals surface area contributed by atoms with Crippen molar-refractivity contribution in [2.45, 2.75) is 6.92 Å². The van der Waals surface area contributed by atoms with Crippen LogP contribution in [0, 0.1) is 0 Å².